The third kappa shape index (κ3) is 3.98. The van der Waals surface area contributed by atoms with Crippen LogP contribution in [0.15, 0.2) is 46.8 Å². The first-order valence-corrected chi connectivity index (χ1v) is 13.2. The number of likely N-dealkylation sites (N-methyl/N-ethyl adjacent to an activating group) is 1. The Balaban J connectivity index is 1.42. The number of hydrogen-bond acceptors (Lipinski definition) is 6. The summed E-state index contributed by atoms with van der Waals surface area (Å²) in [5, 5.41) is 0. The summed E-state index contributed by atoms with van der Waals surface area (Å²) in [7, 11) is -1.44. The zero-order valence-electron chi connectivity index (χ0n) is 17.9. The summed E-state index contributed by atoms with van der Waals surface area (Å²) in [6.45, 7) is 6.27. The van der Waals surface area contributed by atoms with E-state index in [4.69, 9.17) is 0 Å². The fourth-order valence-electron chi connectivity index (χ4n) is 4.86. The largest absolute Gasteiger partial charge is 0.369 e. The van der Waals surface area contributed by atoms with E-state index in [9.17, 15) is 8.42 Å². The van der Waals surface area contributed by atoms with E-state index in [2.05, 4.69) is 51.7 Å². The molecule has 0 amide bonds. The number of thiazole rings is 1. The number of nitrogens with one attached hydrogen (secondary N) is 1. The Hall–Kier alpha value is -2.00. The van der Waals surface area contributed by atoms with E-state index in [1.807, 2.05) is 0 Å². The summed E-state index contributed by atoms with van der Waals surface area (Å²) >= 11 is 1.46. The van der Waals surface area contributed by atoms with Crippen LogP contribution in [0.25, 0.3) is 10.2 Å². The van der Waals surface area contributed by atoms with E-state index in [0.717, 1.165) is 49.2 Å². The first kappa shape index (κ1) is 20.9. The lowest BCUT2D eigenvalue weighted by molar-refractivity contribution is 0.312. The van der Waals surface area contributed by atoms with Crippen molar-refractivity contribution in [1.82, 2.24) is 14.6 Å². The van der Waals surface area contributed by atoms with Crippen LogP contribution in [-0.2, 0) is 16.4 Å². The molecule has 0 bridgehead atoms. The molecule has 2 aliphatic rings. The number of benzene rings is 2. The summed E-state index contributed by atoms with van der Waals surface area (Å²) in [6, 6.07) is 11.6. The Morgan fingerprint density at radius 2 is 1.94 bits per heavy atom. The highest BCUT2D eigenvalue weighted by Gasteiger charge is 2.33. The van der Waals surface area contributed by atoms with Gasteiger partial charge in [0.05, 0.1) is 20.6 Å². The van der Waals surface area contributed by atoms with Crippen molar-refractivity contribution in [2.75, 3.05) is 38.1 Å². The fraction of sp³-hybridized carbons (Fsp3) is 0.435. The minimum absolute atomic E-state index is 0.113. The highest BCUT2D eigenvalue weighted by molar-refractivity contribution is 7.89. The smallest absolute Gasteiger partial charge is 0.240 e. The van der Waals surface area contributed by atoms with Crippen molar-refractivity contribution in [1.29, 1.82) is 0 Å². The molecule has 0 unspecified atom stereocenters. The van der Waals surface area contributed by atoms with E-state index in [0.29, 0.717) is 4.90 Å². The third-order valence-electron chi connectivity index (χ3n) is 6.72. The van der Waals surface area contributed by atoms with Crippen LogP contribution < -0.4 is 9.62 Å². The maximum atomic E-state index is 13.2. The average Bonchev–Trinajstić information content (AvgIpc) is 3.24. The van der Waals surface area contributed by atoms with Gasteiger partial charge in [-0.2, -0.15) is 0 Å². The van der Waals surface area contributed by atoms with Crippen molar-refractivity contribution in [2.24, 2.45) is 0 Å². The normalized spacial score (nSPS) is 22.6. The molecule has 0 spiro atoms. The monoisotopic (exact) mass is 456 g/mol. The lowest BCUT2D eigenvalue weighted by Crippen LogP contribution is -2.46. The molecule has 8 heteroatoms. The first-order chi connectivity index (χ1) is 14.9. The molecule has 6 nitrogen and oxygen atoms in total. The second kappa shape index (κ2) is 8.16. The lowest BCUT2D eigenvalue weighted by atomic mass is 9.79. The van der Waals surface area contributed by atoms with Gasteiger partial charge in [0, 0.05) is 37.9 Å². The SMILES string of the molecule is C[C@H]1c2c(cccc2N2CCN(C)CC2)CC[C@H]1NS(=O)(=O)c1ccc2ncsc2c1. The lowest BCUT2D eigenvalue weighted by Gasteiger charge is -2.39. The van der Waals surface area contributed by atoms with Crippen molar-refractivity contribution in [3.8, 4) is 0 Å². The Morgan fingerprint density at radius 1 is 1.13 bits per heavy atom. The summed E-state index contributed by atoms with van der Waals surface area (Å²) < 4.78 is 30.3. The van der Waals surface area contributed by atoms with E-state index in [-0.39, 0.29) is 12.0 Å². The molecule has 1 aromatic heterocycles. The molecule has 1 aliphatic heterocycles. The van der Waals surface area contributed by atoms with Crippen molar-refractivity contribution in [2.45, 2.75) is 36.6 Å². The van der Waals surface area contributed by atoms with Crippen LogP contribution in [0.5, 0.6) is 0 Å². The van der Waals surface area contributed by atoms with Crippen molar-refractivity contribution in [3.63, 3.8) is 0 Å². The van der Waals surface area contributed by atoms with Gasteiger partial charge in [-0.3, -0.25) is 0 Å². The molecule has 1 saturated heterocycles. The van der Waals surface area contributed by atoms with Crippen molar-refractivity contribution >= 4 is 37.3 Å². The minimum atomic E-state index is -3.60. The number of anilines is 1. The van der Waals surface area contributed by atoms with E-state index >= 15 is 0 Å². The molecule has 1 N–H and O–H groups in total. The predicted molar refractivity (Wildman–Crippen MR) is 127 cm³/mol. The number of rotatable bonds is 4. The van der Waals surface area contributed by atoms with Gasteiger partial charge in [-0.1, -0.05) is 19.1 Å². The van der Waals surface area contributed by atoms with Gasteiger partial charge in [0.2, 0.25) is 10.0 Å². The number of piperazine rings is 1. The topological polar surface area (TPSA) is 65.5 Å². The summed E-state index contributed by atoms with van der Waals surface area (Å²) in [5.41, 5.74) is 6.51. The quantitative estimate of drug-likeness (QED) is 0.652. The van der Waals surface area contributed by atoms with Crippen LogP contribution in [0.3, 0.4) is 0 Å². The minimum Gasteiger partial charge on any atom is -0.369 e. The van der Waals surface area contributed by atoms with E-state index in [1.54, 1.807) is 23.7 Å². The molecule has 1 fully saturated rings. The Morgan fingerprint density at radius 3 is 2.74 bits per heavy atom. The van der Waals surface area contributed by atoms with Gasteiger partial charge < -0.3 is 9.80 Å². The number of nitrogens with zero attached hydrogens (tertiary/aromatic N) is 3. The van der Waals surface area contributed by atoms with E-state index in [1.165, 1.54) is 28.2 Å². The number of aromatic nitrogens is 1. The van der Waals surface area contributed by atoms with Crippen LogP contribution in [0.2, 0.25) is 0 Å². The molecule has 164 valence electrons. The molecule has 2 heterocycles. The van der Waals surface area contributed by atoms with Crippen LogP contribution >= 0.6 is 11.3 Å². The number of sulfonamides is 1. The maximum Gasteiger partial charge on any atom is 0.240 e. The molecule has 3 aromatic rings. The van der Waals surface area contributed by atoms with Crippen LogP contribution in [0, 0.1) is 0 Å². The average molecular weight is 457 g/mol. The molecule has 2 aromatic carbocycles. The van der Waals surface area contributed by atoms with Gasteiger partial charge in [0.15, 0.2) is 0 Å². The maximum absolute atomic E-state index is 13.2. The molecule has 0 saturated carbocycles. The summed E-state index contributed by atoms with van der Waals surface area (Å²) in [4.78, 5) is 9.38. The number of hydrogen-bond donors (Lipinski definition) is 1. The molecular weight excluding hydrogens is 428 g/mol. The molecule has 0 radical (unpaired) electrons. The fourth-order valence-corrected chi connectivity index (χ4v) is 7.03. The van der Waals surface area contributed by atoms with Gasteiger partial charge >= 0.3 is 0 Å². The zero-order valence-corrected chi connectivity index (χ0v) is 19.5. The standard InChI is InChI=1S/C23H28N4O2S2/c1-16-19(25-31(28,29)18-7-9-20-22(14-18)30-15-24-20)8-6-17-4-3-5-21(23(16)17)27-12-10-26(2)11-13-27/h3-5,7,9,14-16,19,25H,6,8,10-13H2,1-2H3/t16-,19-/m1/s1. The molecule has 1 aliphatic carbocycles. The summed E-state index contributed by atoms with van der Waals surface area (Å²) in [6.07, 6.45) is 1.70. The Kier molecular flexibility index (Phi) is 5.50. The first-order valence-electron chi connectivity index (χ1n) is 10.8. The van der Waals surface area contributed by atoms with Crippen LogP contribution in [-0.4, -0.2) is 57.6 Å². The second-order valence-electron chi connectivity index (χ2n) is 8.68. The van der Waals surface area contributed by atoms with Gasteiger partial charge in [-0.15, -0.1) is 11.3 Å². The predicted octanol–water partition coefficient (Wildman–Crippen LogP) is 3.44. The Bertz CT molecular complexity index is 1200. The van der Waals surface area contributed by atoms with Gasteiger partial charge in [-0.05, 0) is 61.2 Å². The third-order valence-corrected chi connectivity index (χ3v) is 9.00. The van der Waals surface area contributed by atoms with E-state index < -0.39 is 10.0 Å². The second-order valence-corrected chi connectivity index (χ2v) is 11.3. The van der Waals surface area contributed by atoms with Crippen molar-refractivity contribution < 1.29 is 8.42 Å². The molecule has 31 heavy (non-hydrogen) atoms. The molecular formula is C23H28N4O2S2. The van der Waals surface area contributed by atoms with Crippen LogP contribution in [0.1, 0.15) is 30.4 Å². The number of fused-ring (bicyclic) bond motifs is 2. The molecule has 5 rings (SSSR count). The van der Waals surface area contributed by atoms with Crippen molar-refractivity contribution in [3.05, 3.63) is 53.0 Å². The highest BCUT2D eigenvalue weighted by Crippen LogP contribution is 2.39. The van der Waals surface area contributed by atoms with Gasteiger partial charge in [0.1, 0.15) is 0 Å². The van der Waals surface area contributed by atoms with Crippen LogP contribution in [0.4, 0.5) is 5.69 Å². The van der Waals surface area contributed by atoms with Gasteiger partial charge in [0.25, 0.3) is 0 Å². The number of aryl methyl sites for hydroxylation is 1. The zero-order chi connectivity index (χ0) is 21.6. The Labute approximate surface area is 187 Å². The molecule has 2 atom stereocenters. The van der Waals surface area contributed by atoms with Gasteiger partial charge in [-0.25, -0.2) is 18.1 Å². The highest BCUT2D eigenvalue weighted by atomic mass is 32.2. The summed E-state index contributed by atoms with van der Waals surface area (Å²) in [5.74, 6) is 0.113.